The minimum atomic E-state index is -0.133. The molecule has 1 saturated heterocycles. The molecule has 0 bridgehead atoms. The summed E-state index contributed by atoms with van der Waals surface area (Å²) in [6, 6.07) is 0.422. The highest BCUT2D eigenvalue weighted by molar-refractivity contribution is 5.02. The summed E-state index contributed by atoms with van der Waals surface area (Å²) in [5.74, 6) is 0.928. The van der Waals surface area contributed by atoms with E-state index in [1.165, 1.54) is 0 Å². The van der Waals surface area contributed by atoms with Gasteiger partial charge in [0, 0.05) is 6.04 Å². The van der Waals surface area contributed by atoms with Crippen LogP contribution in [0.3, 0.4) is 0 Å². The smallest absolute Gasteiger partial charge is 0.168 e. The van der Waals surface area contributed by atoms with Gasteiger partial charge in [-0.3, -0.25) is 4.90 Å². The van der Waals surface area contributed by atoms with Crippen LogP contribution in [0.25, 0.3) is 0 Å². The average Bonchev–Trinajstić information content (AvgIpc) is 3.00. The zero-order valence-corrected chi connectivity index (χ0v) is 14.9. The number of likely N-dealkylation sites (tertiary alicyclic amines) is 1. The van der Waals surface area contributed by atoms with Crippen molar-refractivity contribution >= 4 is 0 Å². The molecular formula is C16H31N5O. The molecule has 1 N–H and O–H groups in total. The fraction of sp³-hybridized carbons (Fsp3) is 0.938. The van der Waals surface area contributed by atoms with E-state index in [-0.39, 0.29) is 29.6 Å². The minimum absolute atomic E-state index is 0.133. The molecule has 2 heterocycles. The molecule has 6 heteroatoms. The van der Waals surface area contributed by atoms with E-state index >= 15 is 0 Å². The second kappa shape index (κ2) is 6.24. The van der Waals surface area contributed by atoms with Gasteiger partial charge in [0.15, 0.2) is 5.82 Å². The van der Waals surface area contributed by atoms with Gasteiger partial charge in [0.25, 0.3) is 0 Å². The van der Waals surface area contributed by atoms with Crippen molar-refractivity contribution in [2.75, 3.05) is 13.2 Å². The first-order chi connectivity index (χ1) is 10.1. The Morgan fingerprint density at radius 2 is 1.82 bits per heavy atom. The number of rotatable bonds is 4. The fourth-order valence-corrected chi connectivity index (χ4v) is 3.09. The fourth-order valence-electron chi connectivity index (χ4n) is 3.09. The van der Waals surface area contributed by atoms with Crippen LogP contribution >= 0.6 is 0 Å². The number of nitrogens with zero attached hydrogens (tertiary/aromatic N) is 5. The van der Waals surface area contributed by atoms with Crippen LogP contribution in [0.4, 0.5) is 0 Å². The van der Waals surface area contributed by atoms with Crippen molar-refractivity contribution < 1.29 is 5.11 Å². The third-order valence-electron chi connectivity index (χ3n) is 4.40. The van der Waals surface area contributed by atoms with Gasteiger partial charge in [0.2, 0.25) is 0 Å². The van der Waals surface area contributed by atoms with Crippen molar-refractivity contribution in [3.8, 4) is 0 Å². The first-order valence-electron chi connectivity index (χ1n) is 8.29. The number of hydrogen-bond donors (Lipinski definition) is 1. The summed E-state index contributed by atoms with van der Waals surface area (Å²) in [6.07, 6.45) is 3.10. The molecule has 0 amide bonds. The predicted molar refractivity (Wildman–Crippen MR) is 86.4 cm³/mol. The summed E-state index contributed by atoms with van der Waals surface area (Å²) < 4.78 is 1.93. The molecule has 1 aromatic heterocycles. The summed E-state index contributed by atoms with van der Waals surface area (Å²) in [4.78, 5) is 2.40. The molecular weight excluding hydrogens is 278 g/mol. The second-order valence-corrected chi connectivity index (χ2v) is 8.60. The Bertz CT molecular complexity index is 485. The first-order valence-corrected chi connectivity index (χ1v) is 8.29. The zero-order chi connectivity index (χ0) is 16.5. The van der Waals surface area contributed by atoms with Crippen molar-refractivity contribution in [1.82, 2.24) is 25.1 Å². The molecule has 0 aliphatic carbocycles. The number of aliphatic hydroxyl groups is 1. The minimum Gasteiger partial charge on any atom is -0.395 e. The van der Waals surface area contributed by atoms with E-state index in [1.807, 2.05) is 4.68 Å². The summed E-state index contributed by atoms with van der Waals surface area (Å²) >= 11 is 0. The van der Waals surface area contributed by atoms with Gasteiger partial charge in [-0.15, -0.1) is 5.10 Å². The van der Waals surface area contributed by atoms with Crippen molar-refractivity contribution in [2.45, 2.75) is 78.4 Å². The van der Waals surface area contributed by atoms with Crippen LogP contribution in [0.5, 0.6) is 0 Å². The third-order valence-corrected chi connectivity index (χ3v) is 4.40. The lowest BCUT2D eigenvalue weighted by Crippen LogP contribution is -2.38. The van der Waals surface area contributed by atoms with Crippen LogP contribution in [-0.2, 0) is 5.54 Å². The van der Waals surface area contributed by atoms with Gasteiger partial charge in [-0.1, -0.05) is 20.8 Å². The van der Waals surface area contributed by atoms with E-state index < -0.39 is 0 Å². The molecule has 0 saturated carbocycles. The van der Waals surface area contributed by atoms with Gasteiger partial charge < -0.3 is 5.11 Å². The highest BCUT2D eigenvalue weighted by Crippen LogP contribution is 2.37. The molecule has 1 aliphatic rings. The SMILES string of the molecule is CC(C)(C)CCN1[C@H](CO)CC[C@H]1c1nnnn1C(C)(C)C. The van der Waals surface area contributed by atoms with Crippen molar-refractivity contribution in [3.63, 3.8) is 0 Å². The van der Waals surface area contributed by atoms with E-state index in [1.54, 1.807) is 0 Å². The van der Waals surface area contributed by atoms with Crippen molar-refractivity contribution in [1.29, 1.82) is 0 Å². The maximum atomic E-state index is 9.71. The van der Waals surface area contributed by atoms with Gasteiger partial charge in [-0.2, -0.15) is 0 Å². The summed E-state index contributed by atoms with van der Waals surface area (Å²) in [7, 11) is 0. The van der Waals surface area contributed by atoms with Gasteiger partial charge in [0.05, 0.1) is 18.2 Å². The molecule has 0 spiro atoms. The first kappa shape index (κ1) is 17.3. The molecule has 1 aromatic rings. The molecule has 2 rings (SSSR count). The van der Waals surface area contributed by atoms with Gasteiger partial charge in [-0.25, -0.2) is 4.68 Å². The quantitative estimate of drug-likeness (QED) is 0.925. The Morgan fingerprint density at radius 3 is 2.36 bits per heavy atom. The van der Waals surface area contributed by atoms with Crippen LogP contribution in [0.15, 0.2) is 0 Å². The van der Waals surface area contributed by atoms with Crippen molar-refractivity contribution in [3.05, 3.63) is 5.82 Å². The van der Waals surface area contributed by atoms with Gasteiger partial charge in [0.1, 0.15) is 0 Å². The highest BCUT2D eigenvalue weighted by Gasteiger charge is 2.38. The normalized spacial score (nSPS) is 24.1. The van der Waals surface area contributed by atoms with E-state index in [9.17, 15) is 5.11 Å². The average molecular weight is 309 g/mol. The molecule has 2 atom stereocenters. The molecule has 0 unspecified atom stereocenters. The van der Waals surface area contributed by atoms with Crippen molar-refractivity contribution in [2.24, 2.45) is 5.41 Å². The topological polar surface area (TPSA) is 67.1 Å². The molecule has 126 valence electrons. The Balaban J connectivity index is 2.23. The standard InChI is InChI=1S/C16H31N5O/c1-15(2,3)9-10-20-12(11-22)7-8-13(20)14-17-18-19-21(14)16(4,5)6/h12-13,22H,7-11H2,1-6H3/t12-,13-/m0/s1. The van der Waals surface area contributed by atoms with E-state index in [4.69, 9.17) is 0 Å². The molecule has 1 fully saturated rings. The molecule has 1 aliphatic heterocycles. The second-order valence-electron chi connectivity index (χ2n) is 8.60. The molecule has 0 aromatic carbocycles. The van der Waals surface area contributed by atoms with E-state index in [0.717, 1.165) is 31.6 Å². The summed E-state index contributed by atoms with van der Waals surface area (Å²) in [6.45, 7) is 14.3. The lowest BCUT2D eigenvalue weighted by Gasteiger charge is -2.32. The summed E-state index contributed by atoms with van der Waals surface area (Å²) in [5.41, 5.74) is 0.148. The molecule has 6 nitrogen and oxygen atoms in total. The number of aliphatic hydroxyl groups excluding tert-OH is 1. The van der Waals surface area contributed by atoms with Crippen LogP contribution in [-0.4, -0.2) is 49.4 Å². The van der Waals surface area contributed by atoms with E-state index in [2.05, 4.69) is 62.0 Å². The Hall–Kier alpha value is -1.01. The third kappa shape index (κ3) is 3.84. The van der Waals surface area contributed by atoms with Crippen LogP contribution in [0, 0.1) is 5.41 Å². The monoisotopic (exact) mass is 309 g/mol. The number of tetrazole rings is 1. The number of hydrogen-bond acceptors (Lipinski definition) is 5. The maximum absolute atomic E-state index is 9.71. The van der Waals surface area contributed by atoms with Crippen LogP contribution < -0.4 is 0 Å². The Morgan fingerprint density at radius 1 is 1.14 bits per heavy atom. The van der Waals surface area contributed by atoms with E-state index in [0.29, 0.717) is 0 Å². The zero-order valence-electron chi connectivity index (χ0n) is 14.9. The summed E-state index contributed by atoms with van der Waals surface area (Å²) in [5, 5.41) is 22.1. The van der Waals surface area contributed by atoms with Gasteiger partial charge >= 0.3 is 0 Å². The Labute approximate surface area is 133 Å². The lowest BCUT2D eigenvalue weighted by atomic mass is 9.92. The molecule has 22 heavy (non-hydrogen) atoms. The molecule has 0 radical (unpaired) electrons. The maximum Gasteiger partial charge on any atom is 0.168 e. The van der Waals surface area contributed by atoms with Gasteiger partial charge in [-0.05, 0) is 62.4 Å². The van der Waals surface area contributed by atoms with Crippen LogP contribution in [0.2, 0.25) is 0 Å². The largest absolute Gasteiger partial charge is 0.395 e. The predicted octanol–water partition coefficient (Wildman–Crippen LogP) is 2.36. The highest BCUT2D eigenvalue weighted by atomic mass is 16.3. The Kier molecular flexibility index (Phi) is 4.92. The number of aromatic nitrogens is 4. The van der Waals surface area contributed by atoms with Crippen LogP contribution in [0.1, 0.15) is 72.7 Å². The lowest BCUT2D eigenvalue weighted by molar-refractivity contribution is 0.108.